The number of benzene rings is 1. The van der Waals surface area contributed by atoms with Crippen molar-refractivity contribution < 1.29 is 9.18 Å². The predicted octanol–water partition coefficient (Wildman–Crippen LogP) is 1.90. The number of rotatable bonds is 6. The highest BCUT2D eigenvalue weighted by Crippen LogP contribution is 2.36. The van der Waals surface area contributed by atoms with E-state index in [9.17, 15) is 14.0 Å². The van der Waals surface area contributed by atoms with Gasteiger partial charge < -0.3 is 5.32 Å². The molecule has 1 N–H and O–H groups in total. The van der Waals surface area contributed by atoms with Gasteiger partial charge in [-0.2, -0.15) is 0 Å². The van der Waals surface area contributed by atoms with Gasteiger partial charge in [-0.15, -0.1) is 5.10 Å². The number of carbonyl (C=O) groups excluding carboxylic acids is 1. The van der Waals surface area contributed by atoms with E-state index < -0.39 is 0 Å². The first-order valence-electron chi connectivity index (χ1n) is 8.73. The molecule has 138 valence electrons. The summed E-state index contributed by atoms with van der Waals surface area (Å²) in [5.41, 5.74) is 1.22. The number of nitrogens with one attached hydrogen (secondary N) is 1. The lowest BCUT2D eigenvalue weighted by atomic mass is 10.2. The maximum atomic E-state index is 12.9. The number of aromatic nitrogens is 4. The smallest absolute Gasteiger partial charge is 0.346 e. The minimum atomic E-state index is -0.334. The molecule has 1 saturated carbocycles. The lowest BCUT2D eigenvalue weighted by Crippen LogP contribution is -2.33. The highest BCUT2D eigenvalue weighted by Gasteiger charge is 2.30. The number of pyridine rings is 1. The summed E-state index contributed by atoms with van der Waals surface area (Å²) in [6, 6.07) is 9.63. The first-order chi connectivity index (χ1) is 13.1. The number of hydrogen-bond acceptors (Lipinski definition) is 4. The van der Waals surface area contributed by atoms with Crippen LogP contribution in [0, 0.1) is 5.82 Å². The van der Waals surface area contributed by atoms with Gasteiger partial charge in [0.2, 0.25) is 5.91 Å². The molecule has 0 aliphatic heterocycles. The lowest BCUT2D eigenvalue weighted by molar-refractivity contribution is -0.122. The third kappa shape index (κ3) is 3.79. The first-order valence-corrected chi connectivity index (χ1v) is 8.73. The molecule has 0 saturated heterocycles. The molecular formula is C19H18FN5O2. The van der Waals surface area contributed by atoms with Gasteiger partial charge >= 0.3 is 5.69 Å². The molecule has 1 aliphatic rings. The molecule has 0 spiro atoms. The third-order valence-corrected chi connectivity index (χ3v) is 4.40. The van der Waals surface area contributed by atoms with E-state index in [2.05, 4.69) is 15.4 Å². The van der Waals surface area contributed by atoms with Crippen LogP contribution in [0.15, 0.2) is 53.6 Å². The zero-order chi connectivity index (χ0) is 18.8. The molecule has 3 aromatic rings. The second kappa shape index (κ2) is 7.14. The Labute approximate surface area is 154 Å². The monoisotopic (exact) mass is 367 g/mol. The van der Waals surface area contributed by atoms with Crippen LogP contribution in [0.25, 0.3) is 11.4 Å². The first kappa shape index (κ1) is 17.1. The Morgan fingerprint density at radius 2 is 2.00 bits per heavy atom. The molecule has 1 aromatic carbocycles. The van der Waals surface area contributed by atoms with E-state index in [1.165, 1.54) is 16.8 Å². The Kier molecular flexibility index (Phi) is 4.53. The van der Waals surface area contributed by atoms with Gasteiger partial charge in [-0.25, -0.2) is 13.9 Å². The largest absolute Gasteiger partial charge is 0.350 e. The molecule has 8 heteroatoms. The normalized spacial score (nSPS) is 13.5. The van der Waals surface area contributed by atoms with Crippen LogP contribution in [-0.4, -0.2) is 25.2 Å². The Balaban J connectivity index is 1.51. The van der Waals surface area contributed by atoms with Gasteiger partial charge in [0, 0.05) is 30.5 Å². The molecule has 0 radical (unpaired) electrons. The van der Waals surface area contributed by atoms with Gasteiger partial charge in [0.05, 0.1) is 0 Å². The van der Waals surface area contributed by atoms with Crippen LogP contribution < -0.4 is 11.0 Å². The predicted molar refractivity (Wildman–Crippen MR) is 96.2 cm³/mol. The van der Waals surface area contributed by atoms with Gasteiger partial charge in [0.15, 0.2) is 5.82 Å². The van der Waals surface area contributed by atoms with Crippen molar-refractivity contribution in [1.29, 1.82) is 0 Å². The Bertz CT molecular complexity index is 1010. The summed E-state index contributed by atoms with van der Waals surface area (Å²) in [5.74, 6) is -0.133. The van der Waals surface area contributed by atoms with E-state index in [4.69, 9.17) is 0 Å². The minimum absolute atomic E-state index is 0.128. The summed E-state index contributed by atoms with van der Waals surface area (Å²) in [6.07, 6.45) is 5.16. The van der Waals surface area contributed by atoms with Gasteiger partial charge in [-0.1, -0.05) is 12.1 Å². The van der Waals surface area contributed by atoms with Crippen molar-refractivity contribution in [3.63, 3.8) is 0 Å². The zero-order valence-electron chi connectivity index (χ0n) is 14.5. The number of amides is 1. The van der Waals surface area contributed by atoms with Crippen molar-refractivity contribution in [2.75, 3.05) is 0 Å². The van der Waals surface area contributed by atoms with E-state index in [1.54, 1.807) is 35.2 Å². The van der Waals surface area contributed by atoms with Gasteiger partial charge in [-0.05, 0) is 42.7 Å². The summed E-state index contributed by atoms with van der Waals surface area (Å²) in [7, 11) is 0. The van der Waals surface area contributed by atoms with E-state index in [0.717, 1.165) is 24.0 Å². The Morgan fingerprint density at radius 3 is 2.67 bits per heavy atom. The minimum Gasteiger partial charge on any atom is -0.350 e. The summed E-state index contributed by atoms with van der Waals surface area (Å²) < 4.78 is 15.8. The average molecular weight is 367 g/mol. The van der Waals surface area contributed by atoms with E-state index in [-0.39, 0.29) is 36.5 Å². The fourth-order valence-electron chi connectivity index (χ4n) is 2.87. The molecule has 4 rings (SSSR count). The van der Waals surface area contributed by atoms with Crippen molar-refractivity contribution in [2.24, 2.45) is 0 Å². The number of halogens is 1. The van der Waals surface area contributed by atoms with Crippen molar-refractivity contribution in [2.45, 2.75) is 32.0 Å². The van der Waals surface area contributed by atoms with Crippen LogP contribution in [0.5, 0.6) is 0 Å². The molecule has 2 aromatic heterocycles. The van der Waals surface area contributed by atoms with Crippen molar-refractivity contribution in [1.82, 2.24) is 24.6 Å². The van der Waals surface area contributed by atoms with Crippen molar-refractivity contribution in [3.8, 4) is 11.4 Å². The second-order valence-electron chi connectivity index (χ2n) is 6.51. The van der Waals surface area contributed by atoms with Crippen LogP contribution in [0.4, 0.5) is 4.39 Å². The molecule has 7 nitrogen and oxygen atoms in total. The topological polar surface area (TPSA) is 81.8 Å². The number of nitrogens with zero attached hydrogens (tertiary/aromatic N) is 4. The zero-order valence-corrected chi connectivity index (χ0v) is 14.5. The van der Waals surface area contributed by atoms with Crippen LogP contribution in [0.2, 0.25) is 0 Å². The van der Waals surface area contributed by atoms with Crippen LogP contribution >= 0.6 is 0 Å². The van der Waals surface area contributed by atoms with E-state index in [0.29, 0.717) is 5.82 Å². The molecule has 0 atom stereocenters. The molecule has 1 aliphatic carbocycles. The van der Waals surface area contributed by atoms with Gasteiger partial charge in [-0.3, -0.25) is 14.3 Å². The summed E-state index contributed by atoms with van der Waals surface area (Å²) in [5, 5.41) is 7.09. The Morgan fingerprint density at radius 1 is 1.22 bits per heavy atom. The molecule has 1 amide bonds. The Hall–Kier alpha value is -3.29. The molecular weight excluding hydrogens is 349 g/mol. The number of hydrogen-bond donors (Lipinski definition) is 1. The van der Waals surface area contributed by atoms with Crippen molar-refractivity contribution in [3.05, 3.63) is 70.7 Å². The molecule has 27 heavy (non-hydrogen) atoms. The van der Waals surface area contributed by atoms with Gasteiger partial charge in [0.1, 0.15) is 12.4 Å². The van der Waals surface area contributed by atoms with E-state index in [1.807, 2.05) is 6.07 Å². The second-order valence-corrected chi connectivity index (χ2v) is 6.51. The molecule has 1 fully saturated rings. The summed E-state index contributed by atoms with van der Waals surface area (Å²) in [6.45, 7) is 0.0830. The fourth-order valence-corrected chi connectivity index (χ4v) is 2.87. The molecule has 0 unspecified atom stereocenters. The van der Waals surface area contributed by atoms with Crippen molar-refractivity contribution >= 4 is 5.91 Å². The van der Waals surface area contributed by atoms with Crippen LogP contribution in [0.1, 0.15) is 24.4 Å². The number of carbonyl (C=O) groups is 1. The molecule has 0 bridgehead atoms. The highest BCUT2D eigenvalue weighted by molar-refractivity contribution is 5.75. The maximum Gasteiger partial charge on any atom is 0.346 e. The van der Waals surface area contributed by atoms with Crippen LogP contribution in [0.3, 0.4) is 0 Å². The maximum absolute atomic E-state index is 12.9. The molecule has 2 heterocycles. The third-order valence-electron chi connectivity index (χ3n) is 4.40. The lowest BCUT2D eigenvalue weighted by Gasteiger charge is -2.05. The SMILES string of the molecule is O=C(Cn1nc(-c2cccnc2)n(C2CC2)c1=O)NCc1ccc(F)cc1. The standard InChI is InChI=1S/C19H18FN5O2/c20-15-5-3-13(4-6-15)10-22-17(26)12-24-19(27)25(16-7-8-16)18(23-24)14-2-1-9-21-11-14/h1-6,9,11,16H,7-8,10,12H2,(H,22,26). The highest BCUT2D eigenvalue weighted by atomic mass is 19.1. The average Bonchev–Trinajstić information content (AvgIpc) is 3.47. The fraction of sp³-hybridized carbons (Fsp3) is 0.263. The van der Waals surface area contributed by atoms with Gasteiger partial charge in [0.25, 0.3) is 0 Å². The summed E-state index contributed by atoms with van der Waals surface area (Å²) in [4.78, 5) is 29.0. The van der Waals surface area contributed by atoms with Crippen LogP contribution in [-0.2, 0) is 17.9 Å². The van der Waals surface area contributed by atoms with E-state index >= 15 is 0 Å². The quantitative estimate of drug-likeness (QED) is 0.721. The summed E-state index contributed by atoms with van der Waals surface area (Å²) >= 11 is 0.